The summed E-state index contributed by atoms with van der Waals surface area (Å²) in [4.78, 5) is 30.1. The Morgan fingerprint density at radius 1 is 1.21 bits per heavy atom. The van der Waals surface area contributed by atoms with Gasteiger partial charge in [0.2, 0.25) is 5.91 Å². The van der Waals surface area contributed by atoms with Crippen LogP contribution in [0.3, 0.4) is 0 Å². The van der Waals surface area contributed by atoms with Crippen LogP contribution in [0.5, 0.6) is 0 Å². The van der Waals surface area contributed by atoms with Crippen molar-refractivity contribution in [2.75, 3.05) is 12.4 Å². The summed E-state index contributed by atoms with van der Waals surface area (Å²) in [5.41, 5.74) is 0. The van der Waals surface area contributed by atoms with Crippen LogP contribution in [0.1, 0.15) is 0 Å². The Bertz CT molecular complexity index is 311. The molecule has 110 valence electrons. The number of rotatable bonds is 5. The van der Waals surface area contributed by atoms with E-state index in [2.05, 4.69) is 5.32 Å². The summed E-state index contributed by atoms with van der Waals surface area (Å²) in [5, 5.41) is 45.4. The Hall–Kier alpha value is -1.04. The second kappa shape index (κ2) is 8.96. The summed E-state index contributed by atoms with van der Waals surface area (Å²) < 4.78 is 0. The van der Waals surface area contributed by atoms with Gasteiger partial charge in [-0.3, -0.25) is 14.9 Å². The maximum Gasteiger partial charge on any atom is 0.286 e. The highest BCUT2D eigenvalue weighted by atomic mass is 32.2. The number of hydrogen-bond acceptors (Lipinski definition) is 9. The molecule has 1 fully saturated rings. The standard InChI is InChI=1S/C6H12O6.C3H3NO2S/c7-1-3(9)5(11)6(12)4(10)2-8;5-2-1-7-3(6)4-2/h1,3-6,8-12H,2H2;1H2,(H,4,5,6). The van der Waals surface area contributed by atoms with Crippen molar-refractivity contribution < 1.29 is 39.9 Å². The average molecular weight is 297 g/mol. The first kappa shape index (κ1) is 18.0. The number of nitrogens with one attached hydrogen (secondary N) is 1. The number of aliphatic hydroxyl groups excluding tert-OH is 5. The lowest BCUT2D eigenvalue weighted by Gasteiger charge is -2.22. The fraction of sp³-hybridized carbons (Fsp3) is 0.667. The summed E-state index contributed by atoms with van der Waals surface area (Å²) in [7, 11) is 0. The summed E-state index contributed by atoms with van der Waals surface area (Å²) in [6.07, 6.45) is -6.84. The molecule has 4 atom stereocenters. The third kappa shape index (κ3) is 6.61. The van der Waals surface area contributed by atoms with Crippen LogP contribution in [0.15, 0.2) is 0 Å². The Kier molecular flexibility index (Phi) is 8.47. The van der Waals surface area contributed by atoms with Gasteiger partial charge in [-0.15, -0.1) is 0 Å². The van der Waals surface area contributed by atoms with E-state index < -0.39 is 31.0 Å². The summed E-state index contributed by atoms with van der Waals surface area (Å²) in [6.45, 7) is -0.760. The summed E-state index contributed by atoms with van der Waals surface area (Å²) >= 11 is 1.01. The van der Waals surface area contributed by atoms with Crippen molar-refractivity contribution in [1.82, 2.24) is 5.32 Å². The van der Waals surface area contributed by atoms with E-state index in [1.807, 2.05) is 0 Å². The second-order valence-corrected chi connectivity index (χ2v) is 4.43. The molecular weight excluding hydrogens is 282 g/mol. The number of carbonyl (C=O) groups excluding carboxylic acids is 3. The van der Waals surface area contributed by atoms with Crippen LogP contribution in [-0.2, 0) is 9.59 Å². The molecule has 1 aliphatic heterocycles. The number of amides is 2. The quantitative estimate of drug-likeness (QED) is 0.283. The summed E-state index contributed by atoms with van der Waals surface area (Å²) in [5.74, 6) is 0.105. The van der Waals surface area contributed by atoms with E-state index in [9.17, 15) is 14.4 Å². The van der Waals surface area contributed by atoms with Gasteiger partial charge in [-0.1, -0.05) is 11.8 Å². The minimum atomic E-state index is -1.79. The molecule has 1 saturated heterocycles. The molecule has 0 aromatic rings. The lowest BCUT2D eigenvalue weighted by atomic mass is 10.0. The molecular formula is C9H15NO8S. The minimum Gasteiger partial charge on any atom is -0.394 e. The second-order valence-electron chi connectivity index (χ2n) is 3.48. The first-order valence-electron chi connectivity index (χ1n) is 5.08. The lowest BCUT2D eigenvalue weighted by Crippen LogP contribution is -2.46. The van der Waals surface area contributed by atoms with Gasteiger partial charge in [-0.05, 0) is 0 Å². The molecule has 19 heavy (non-hydrogen) atoms. The molecule has 0 bridgehead atoms. The van der Waals surface area contributed by atoms with Crippen molar-refractivity contribution in [2.24, 2.45) is 0 Å². The van der Waals surface area contributed by atoms with Gasteiger partial charge in [0.25, 0.3) is 5.24 Å². The highest BCUT2D eigenvalue weighted by Gasteiger charge is 2.29. The summed E-state index contributed by atoms with van der Waals surface area (Å²) in [6, 6.07) is 0. The maximum atomic E-state index is 10.1. The molecule has 0 saturated carbocycles. The molecule has 6 N–H and O–H groups in total. The zero-order valence-electron chi connectivity index (χ0n) is 9.67. The number of hydrogen-bond donors (Lipinski definition) is 6. The van der Waals surface area contributed by atoms with E-state index in [0.29, 0.717) is 5.75 Å². The van der Waals surface area contributed by atoms with Gasteiger partial charge in [0, 0.05) is 0 Å². The van der Waals surface area contributed by atoms with Gasteiger partial charge in [0.15, 0.2) is 6.29 Å². The van der Waals surface area contributed by atoms with Crippen LogP contribution >= 0.6 is 11.8 Å². The maximum absolute atomic E-state index is 10.1. The van der Waals surface area contributed by atoms with E-state index in [0.717, 1.165) is 11.8 Å². The van der Waals surface area contributed by atoms with Crippen LogP contribution in [-0.4, -0.2) is 79.7 Å². The van der Waals surface area contributed by atoms with Gasteiger partial charge in [0.05, 0.1) is 12.4 Å². The van der Waals surface area contributed by atoms with Gasteiger partial charge in [-0.2, -0.15) is 0 Å². The predicted molar refractivity (Wildman–Crippen MR) is 63.2 cm³/mol. The number of thioether (sulfide) groups is 1. The van der Waals surface area contributed by atoms with Gasteiger partial charge < -0.3 is 30.3 Å². The molecule has 1 aliphatic rings. The lowest BCUT2D eigenvalue weighted by molar-refractivity contribution is -0.136. The van der Waals surface area contributed by atoms with Crippen LogP contribution < -0.4 is 5.32 Å². The highest BCUT2D eigenvalue weighted by molar-refractivity contribution is 8.14. The number of imide groups is 1. The number of aldehydes is 1. The van der Waals surface area contributed by atoms with Crippen molar-refractivity contribution >= 4 is 29.2 Å². The largest absolute Gasteiger partial charge is 0.394 e. The molecule has 2 amide bonds. The Morgan fingerprint density at radius 2 is 1.79 bits per heavy atom. The fourth-order valence-electron chi connectivity index (χ4n) is 0.935. The fourth-order valence-corrected chi connectivity index (χ4v) is 1.46. The molecule has 0 aromatic heterocycles. The number of aliphatic hydroxyl groups is 5. The van der Waals surface area contributed by atoms with Crippen LogP contribution in [0.25, 0.3) is 0 Å². The zero-order chi connectivity index (χ0) is 15.0. The van der Waals surface area contributed by atoms with Crippen molar-refractivity contribution in [3.05, 3.63) is 0 Å². The SMILES string of the molecule is O=C1CSC(=O)N1.O=CC(O)C(O)C(O)C(O)CO. The van der Waals surface area contributed by atoms with Crippen molar-refractivity contribution in [2.45, 2.75) is 24.4 Å². The Labute approximate surface area is 112 Å². The van der Waals surface area contributed by atoms with E-state index in [-0.39, 0.29) is 17.4 Å². The average Bonchev–Trinajstić information content (AvgIpc) is 2.79. The smallest absolute Gasteiger partial charge is 0.286 e. The first-order chi connectivity index (χ1) is 8.83. The molecule has 1 rings (SSSR count). The third-order valence-corrected chi connectivity index (χ3v) is 2.77. The van der Waals surface area contributed by atoms with Crippen molar-refractivity contribution in [1.29, 1.82) is 0 Å². The highest BCUT2D eigenvalue weighted by Crippen LogP contribution is 2.06. The van der Waals surface area contributed by atoms with E-state index in [1.165, 1.54) is 0 Å². The third-order valence-electron chi connectivity index (χ3n) is 2.00. The van der Waals surface area contributed by atoms with Crippen LogP contribution in [0.2, 0.25) is 0 Å². The molecule has 0 aliphatic carbocycles. The zero-order valence-corrected chi connectivity index (χ0v) is 10.5. The molecule has 10 heteroatoms. The molecule has 1 heterocycles. The Morgan fingerprint density at radius 3 is 2.05 bits per heavy atom. The molecule has 4 unspecified atom stereocenters. The van der Waals surface area contributed by atoms with Crippen molar-refractivity contribution in [3.8, 4) is 0 Å². The normalized spacial score (nSPS) is 20.7. The topological polar surface area (TPSA) is 164 Å². The van der Waals surface area contributed by atoms with E-state index >= 15 is 0 Å². The van der Waals surface area contributed by atoms with Crippen LogP contribution in [0.4, 0.5) is 4.79 Å². The van der Waals surface area contributed by atoms with E-state index in [4.69, 9.17) is 25.5 Å². The first-order valence-corrected chi connectivity index (χ1v) is 6.07. The van der Waals surface area contributed by atoms with Gasteiger partial charge in [0.1, 0.15) is 24.4 Å². The monoisotopic (exact) mass is 297 g/mol. The molecule has 0 spiro atoms. The van der Waals surface area contributed by atoms with Crippen LogP contribution in [0, 0.1) is 0 Å². The van der Waals surface area contributed by atoms with Gasteiger partial charge >= 0.3 is 0 Å². The van der Waals surface area contributed by atoms with Crippen molar-refractivity contribution in [3.63, 3.8) is 0 Å². The number of carbonyl (C=O) groups is 3. The van der Waals surface area contributed by atoms with E-state index in [1.54, 1.807) is 0 Å². The van der Waals surface area contributed by atoms with Gasteiger partial charge in [-0.25, -0.2) is 0 Å². The molecule has 9 nitrogen and oxygen atoms in total. The molecule has 0 radical (unpaired) electrons. The minimum absolute atomic E-state index is 0.0258. The molecule has 0 aromatic carbocycles. The predicted octanol–water partition coefficient (Wildman–Crippen LogP) is -3.41. The Balaban J connectivity index is 0.000000388.